The monoisotopic (exact) mass is 672 g/mol. The van der Waals surface area contributed by atoms with E-state index in [9.17, 15) is 0 Å². The molecule has 6 rings (SSSR count). The summed E-state index contributed by atoms with van der Waals surface area (Å²) < 4.78 is 2.64. The minimum atomic E-state index is 0.0369. The van der Waals surface area contributed by atoms with E-state index in [1.807, 2.05) is 0 Å². The summed E-state index contributed by atoms with van der Waals surface area (Å²) in [7, 11) is 0. The molecule has 0 amide bonds. The second-order valence-electron chi connectivity index (χ2n) is 14.9. The van der Waals surface area contributed by atoms with Crippen molar-refractivity contribution in [1.82, 2.24) is 0 Å². The molecular weight excluding hydrogens is 615 g/mol. The Morgan fingerprint density at radius 2 is 1.29 bits per heavy atom. The topological polar surface area (TPSA) is 3.88 Å². The fourth-order valence-corrected chi connectivity index (χ4v) is 8.85. The van der Waals surface area contributed by atoms with Crippen molar-refractivity contribution < 1.29 is 4.57 Å². The Morgan fingerprint density at radius 3 is 1.98 bits per heavy atom. The van der Waals surface area contributed by atoms with E-state index >= 15 is 0 Å². The summed E-state index contributed by atoms with van der Waals surface area (Å²) in [6.07, 6.45) is 16.4. The van der Waals surface area contributed by atoms with Gasteiger partial charge in [-0.25, -0.2) is 0 Å². The molecule has 0 saturated heterocycles. The van der Waals surface area contributed by atoms with Crippen LogP contribution in [0.1, 0.15) is 111 Å². The highest BCUT2D eigenvalue weighted by atomic mass is 15.1. The van der Waals surface area contributed by atoms with Crippen LogP contribution in [0.25, 0.3) is 50.2 Å². The van der Waals surface area contributed by atoms with Gasteiger partial charge in [-0.15, -0.1) is 0 Å². The van der Waals surface area contributed by atoms with Crippen molar-refractivity contribution in [1.29, 1.82) is 0 Å². The Bertz CT molecular complexity index is 2030. The molecule has 1 nitrogen and oxygen atoms in total. The van der Waals surface area contributed by atoms with Crippen molar-refractivity contribution in [3.63, 3.8) is 0 Å². The molecule has 1 aromatic heterocycles. The first kappa shape index (κ1) is 36.3. The first-order valence-corrected chi connectivity index (χ1v) is 19.7. The number of benzene rings is 4. The number of pyridine rings is 1. The zero-order valence-corrected chi connectivity index (χ0v) is 32.2. The predicted molar refractivity (Wildman–Crippen MR) is 221 cm³/mol. The summed E-state index contributed by atoms with van der Waals surface area (Å²) in [5.74, 6) is 0. The number of nitrogens with zero attached hydrogens (tertiary/aromatic N) is 1. The summed E-state index contributed by atoms with van der Waals surface area (Å²) in [6.45, 7) is 16.4. The predicted octanol–water partition coefficient (Wildman–Crippen LogP) is 14.2. The molecule has 0 spiro atoms. The van der Waals surface area contributed by atoms with Gasteiger partial charge in [-0.1, -0.05) is 119 Å². The normalized spacial score (nSPS) is 18.7. The second kappa shape index (κ2) is 15.8. The van der Waals surface area contributed by atoms with Crippen LogP contribution in [0.3, 0.4) is 0 Å². The minimum Gasteiger partial charge on any atom is -0.192 e. The number of hydrogen-bond donors (Lipinski definition) is 0. The molecule has 0 bridgehead atoms. The Balaban J connectivity index is 1.45. The van der Waals surface area contributed by atoms with Gasteiger partial charge in [0.25, 0.3) is 0 Å². The van der Waals surface area contributed by atoms with E-state index in [1.54, 1.807) is 0 Å². The molecule has 1 aliphatic heterocycles. The summed E-state index contributed by atoms with van der Waals surface area (Å²) in [5.41, 5.74) is 15.9. The average Bonchev–Trinajstić information content (AvgIpc) is 3.19. The highest BCUT2D eigenvalue weighted by molar-refractivity contribution is 5.83. The summed E-state index contributed by atoms with van der Waals surface area (Å²) in [5, 5.41) is 0. The van der Waals surface area contributed by atoms with Crippen LogP contribution in [0.2, 0.25) is 0 Å². The number of aromatic nitrogens is 1. The van der Waals surface area contributed by atoms with E-state index in [2.05, 4.69) is 181 Å². The summed E-state index contributed by atoms with van der Waals surface area (Å²) in [4.78, 5) is 0. The molecule has 2 unspecified atom stereocenters. The first-order chi connectivity index (χ1) is 24.8. The summed E-state index contributed by atoms with van der Waals surface area (Å²) >= 11 is 0. The lowest BCUT2D eigenvalue weighted by molar-refractivity contribution is -0.770. The largest absolute Gasteiger partial charge is 0.213 e. The Labute approximate surface area is 308 Å². The van der Waals surface area contributed by atoms with Gasteiger partial charge in [-0.05, 0) is 132 Å². The van der Waals surface area contributed by atoms with Gasteiger partial charge >= 0.3 is 0 Å². The van der Waals surface area contributed by atoms with Gasteiger partial charge in [0, 0.05) is 25.0 Å². The number of rotatable bonds is 13. The van der Waals surface area contributed by atoms with Crippen LogP contribution in [0.5, 0.6) is 0 Å². The van der Waals surface area contributed by atoms with E-state index in [1.165, 1.54) is 99.0 Å². The van der Waals surface area contributed by atoms with Gasteiger partial charge in [0.15, 0.2) is 11.7 Å². The quantitative estimate of drug-likeness (QED) is 0.0866. The lowest BCUT2D eigenvalue weighted by atomic mass is 9.58. The molecule has 0 radical (unpaired) electrons. The highest BCUT2D eigenvalue weighted by Gasteiger charge is 2.58. The van der Waals surface area contributed by atoms with Crippen LogP contribution >= 0.6 is 0 Å². The van der Waals surface area contributed by atoms with Gasteiger partial charge in [0.2, 0.25) is 5.69 Å². The molecule has 2 atom stereocenters. The Kier molecular flexibility index (Phi) is 11.3. The van der Waals surface area contributed by atoms with Crippen LogP contribution in [0.4, 0.5) is 0 Å². The highest BCUT2D eigenvalue weighted by Crippen LogP contribution is 2.52. The molecule has 262 valence electrons. The SMILES string of the molecule is CCCCC(=CC=C(C)c1cc(-c2ccccc2)cc(-c2cccc(-c3ccc4c(c3)-c3cccc[n+]3C(CC)(CCC)C4(C)CC)c2)c1)CC. The van der Waals surface area contributed by atoms with Crippen molar-refractivity contribution in [2.75, 3.05) is 0 Å². The number of allylic oxidation sites excluding steroid dienone is 4. The first-order valence-electron chi connectivity index (χ1n) is 19.7. The van der Waals surface area contributed by atoms with Crippen LogP contribution in [-0.4, -0.2) is 0 Å². The third-order valence-electron chi connectivity index (χ3n) is 12.1. The van der Waals surface area contributed by atoms with Gasteiger partial charge < -0.3 is 0 Å². The molecule has 5 aromatic rings. The zero-order chi connectivity index (χ0) is 36.0. The zero-order valence-electron chi connectivity index (χ0n) is 32.2. The molecule has 1 aliphatic rings. The third-order valence-corrected chi connectivity index (χ3v) is 12.1. The fourth-order valence-electron chi connectivity index (χ4n) is 8.85. The lowest BCUT2D eigenvalue weighted by Gasteiger charge is -2.48. The molecule has 0 N–H and O–H groups in total. The molecule has 2 heterocycles. The molecule has 4 aromatic carbocycles. The molecule has 51 heavy (non-hydrogen) atoms. The maximum absolute atomic E-state index is 2.64. The molecule has 0 saturated carbocycles. The number of fused-ring (bicyclic) bond motifs is 3. The number of hydrogen-bond acceptors (Lipinski definition) is 0. The molecule has 0 aliphatic carbocycles. The maximum Gasteiger partial charge on any atom is 0.213 e. The van der Waals surface area contributed by atoms with Gasteiger partial charge in [0.05, 0.1) is 11.0 Å². The Hall–Kier alpha value is -4.49. The smallest absolute Gasteiger partial charge is 0.192 e. The van der Waals surface area contributed by atoms with Crippen molar-refractivity contribution in [3.8, 4) is 44.6 Å². The van der Waals surface area contributed by atoms with E-state index in [-0.39, 0.29) is 11.0 Å². The van der Waals surface area contributed by atoms with Gasteiger partial charge in [0.1, 0.15) is 0 Å². The maximum atomic E-state index is 2.64. The van der Waals surface area contributed by atoms with E-state index < -0.39 is 0 Å². The standard InChI is InChI=1S/C50H58N/c1-8-13-20-38(10-3)27-26-37(6)43-33-44(39-21-15-14-16-22-39)35-45(34-43)41-24-19-23-40(32-41)42-28-29-47-46(36-42)48-25-17-18-31-51(48)50(12-5,30-9-2)49(47,7)11-4/h14-19,21-29,31-36H,8-13,20,30H2,1-7H3/q+1. The van der Waals surface area contributed by atoms with Gasteiger partial charge in [-0.3, -0.25) is 0 Å². The second-order valence-corrected chi connectivity index (χ2v) is 14.9. The number of unbranched alkanes of at least 4 members (excludes halogenated alkanes) is 1. The molecule has 1 heteroatoms. The van der Waals surface area contributed by atoms with Crippen molar-refractivity contribution in [2.45, 2.75) is 111 Å². The van der Waals surface area contributed by atoms with Crippen LogP contribution in [0, 0.1) is 0 Å². The fraction of sp³-hybridized carbons (Fsp3) is 0.340. The van der Waals surface area contributed by atoms with E-state index in [0.29, 0.717) is 0 Å². The van der Waals surface area contributed by atoms with Crippen LogP contribution in [0.15, 0.2) is 133 Å². The van der Waals surface area contributed by atoms with Crippen LogP contribution in [-0.2, 0) is 11.0 Å². The van der Waals surface area contributed by atoms with E-state index in [4.69, 9.17) is 0 Å². The average molecular weight is 673 g/mol. The van der Waals surface area contributed by atoms with Crippen molar-refractivity contribution in [3.05, 3.63) is 144 Å². The molecule has 0 fully saturated rings. The minimum absolute atomic E-state index is 0.0369. The Morgan fingerprint density at radius 1 is 0.627 bits per heavy atom. The summed E-state index contributed by atoms with van der Waals surface area (Å²) in [6, 6.07) is 41.2. The van der Waals surface area contributed by atoms with Crippen molar-refractivity contribution in [2.24, 2.45) is 0 Å². The van der Waals surface area contributed by atoms with Crippen molar-refractivity contribution >= 4 is 5.57 Å². The van der Waals surface area contributed by atoms with E-state index in [0.717, 1.165) is 19.3 Å². The van der Waals surface area contributed by atoms with Gasteiger partial charge in [-0.2, -0.15) is 4.57 Å². The third kappa shape index (κ3) is 6.93. The van der Waals surface area contributed by atoms with Crippen LogP contribution < -0.4 is 4.57 Å². The molecular formula is C50H58N+. The lowest BCUT2D eigenvalue weighted by Crippen LogP contribution is -2.69.